The van der Waals surface area contributed by atoms with Crippen molar-refractivity contribution in [3.63, 3.8) is 0 Å². The average molecular weight is 1140 g/mol. The Hall–Kier alpha value is -7.66. The quantitative estimate of drug-likeness (QED) is 0.0390. The second-order valence-electron chi connectivity index (χ2n) is 21.7. The number of benzene rings is 3. The van der Waals surface area contributed by atoms with E-state index in [0.29, 0.717) is 71.3 Å². The van der Waals surface area contributed by atoms with Gasteiger partial charge in [-0.15, -0.1) is 11.6 Å². The summed E-state index contributed by atoms with van der Waals surface area (Å²) in [6.07, 6.45) is 3.70. The predicted octanol–water partition coefficient (Wildman–Crippen LogP) is 5.20. The van der Waals surface area contributed by atoms with E-state index in [4.69, 9.17) is 25.6 Å². The maximum atomic E-state index is 14.6. The Morgan fingerprint density at radius 2 is 1.40 bits per heavy atom. The minimum absolute atomic E-state index is 0.0735. The zero-order valence-corrected chi connectivity index (χ0v) is 46.9. The molecule has 2 aromatic heterocycles. The lowest BCUT2D eigenvalue weighted by atomic mass is 9.34. The fourth-order valence-corrected chi connectivity index (χ4v) is 12.2. The van der Waals surface area contributed by atoms with Crippen molar-refractivity contribution in [3.05, 3.63) is 76.6 Å². The number of alkyl halides is 1. The third-order valence-electron chi connectivity index (χ3n) is 15.5. The number of halogens is 1. The molecule has 26 heteroatoms. The first kappa shape index (κ1) is 57.0. The number of hydrogen-bond acceptors (Lipinski definition) is 12. The summed E-state index contributed by atoms with van der Waals surface area (Å²) in [6.45, 7) is 8.56. The molecule has 0 spiro atoms. The monoisotopic (exact) mass is 1140 g/mol. The SMILES string of the molecule is CC(=O)NCC(=O)NC(C(=O)NCC(=O)Nc1ccc(COC(=O)N(C)CCN(C)C(=O)Oc2cc3c(c4c(C)c[nH]c24)CCN3C(=O)C23CC(C(=O)N4C[C@@H](CCl)c5c4cc(OP(=O)(O)O)c4[nH]cc(C)c54)(C2)C3)cc1)C(C)C. The van der Waals surface area contributed by atoms with Crippen LogP contribution in [-0.4, -0.2) is 142 Å². The van der Waals surface area contributed by atoms with Crippen molar-refractivity contribution in [2.45, 2.75) is 78.9 Å². The van der Waals surface area contributed by atoms with E-state index in [1.165, 1.54) is 36.9 Å². The van der Waals surface area contributed by atoms with E-state index in [-0.39, 0.29) is 80.4 Å². The second-order valence-corrected chi connectivity index (χ2v) is 23.2. The van der Waals surface area contributed by atoms with E-state index in [1.54, 1.807) is 60.2 Å². The minimum Gasteiger partial charge on any atom is -0.445 e. The number of carbonyl (C=O) groups excluding carboxylic acids is 8. The van der Waals surface area contributed by atoms with E-state index >= 15 is 0 Å². The number of ether oxygens (including phenoxy) is 2. The molecule has 3 saturated carbocycles. The molecule has 426 valence electrons. The van der Waals surface area contributed by atoms with Gasteiger partial charge in [0.05, 0.1) is 46.3 Å². The molecule has 3 aliphatic carbocycles. The summed E-state index contributed by atoms with van der Waals surface area (Å²) in [7, 11) is -1.91. The van der Waals surface area contributed by atoms with Crippen LogP contribution < -0.4 is 40.3 Å². The summed E-state index contributed by atoms with van der Waals surface area (Å²) in [5, 5.41) is 11.6. The summed E-state index contributed by atoms with van der Waals surface area (Å²) >= 11 is 6.49. The number of hydrogen-bond donors (Lipinski definition) is 8. The smallest absolute Gasteiger partial charge is 0.445 e. The topological polar surface area (TPSA) is 314 Å². The fourth-order valence-electron chi connectivity index (χ4n) is 11.5. The van der Waals surface area contributed by atoms with E-state index in [2.05, 4.69) is 31.2 Å². The van der Waals surface area contributed by atoms with Crippen LogP contribution in [0.5, 0.6) is 11.5 Å². The Balaban J connectivity index is 0.764. The van der Waals surface area contributed by atoms with Gasteiger partial charge in [-0.05, 0) is 85.4 Å². The van der Waals surface area contributed by atoms with Crippen molar-refractivity contribution >= 4 is 106 Å². The average Bonchev–Trinajstić information content (AvgIpc) is 4.28. The van der Waals surface area contributed by atoms with Crippen LogP contribution >= 0.6 is 19.4 Å². The number of carbonyl (C=O) groups is 8. The number of fused-ring (bicyclic) bond motifs is 6. The van der Waals surface area contributed by atoms with Crippen molar-refractivity contribution < 1.29 is 66.7 Å². The fraction of sp³-hybridized carbons (Fsp3) is 0.444. The van der Waals surface area contributed by atoms with Crippen molar-refractivity contribution in [2.75, 3.05) is 74.4 Å². The minimum atomic E-state index is -4.96. The lowest BCUT2D eigenvalue weighted by molar-refractivity contribution is -0.204. The third-order valence-corrected chi connectivity index (χ3v) is 16.3. The summed E-state index contributed by atoms with van der Waals surface area (Å²) in [4.78, 5) is 136. The van der Waals surface area contributed by atoms with Crippen LogP contribution in [0.1, 0.15) is 73.8 Å². The Bertz CT molecular complexity index is 3390. The second kappa shape index (κ2) is 22.1. The Kier molecular flexibility index (Phi) is 15.8. The lowest BCUT2D eigenvalue weighted by Gasteiger charge is -2.69. The van der Waals surface area contributed by atoms with Gasteiger partial charge in [0.15, 0.2) is 11.5 Å². The number of aromatic amines is 2. The number of likely N-dealkylation sites (N-methyl/N-ethyl adjacent to an activating group) is 2. The Morgan fingerprint density at radius 3 is 2.01 bits per heavy atom. The van der Waals surface area contributed by atoms with Gasteiger partial charge in [-0.3, -0.25) is 38.6 Å². The molecule has 0 saturated heterocycles. The van der Waals surface area contributed by atoms with Gasteiger partial charge in [-0.2, -0.15) is 0 Å². The number of nitrogens with one attached hydrogen (secondary N) is 6. The summed E-state index contributed by atoms with van der Waals surface area (Å²) in [6, 6.07) is 8.75. The summed E-state index contributed by atoms with van der Waals surface area (Å²) < 4.78 is 28.6. The summed E-state index contributed by atoms with van der Waals surface area (Å²) in [5.41, 5.74) is 4.98. The van der Waals surface area contributed by atoms with Crippen LogP contribution in [0.4, 0.5) is 26.7 Å². The van der Waals surface area contributed by atoms with Gasteiger partial charge in [0, 0.05) is 100.0 Å². The van der Waals surface area contributed by atoms with Gasteiger partial charge in [-0.25, -0.2) is 14.2 Å². The zero-order valence-electron chi connectivity index (χ0n) is 45.2. The molecule has 1 unspecified atom stereocenters. The number of aryl methyl sites for hydroxylation is 2. The summed E-state index contributed by atoms with van der Waals surface area (Å²) in [5.74, 6) is -2.54. The molecular weight excluding hydrogens is 1080 g/mol. The van der Waals surface area contributed by atoms with Crippen LogP contribution in [0.3, 0.4) is 0 Å². The van der Waals surface area contributed by atoms with E-state index in [9.17, 15) is 52.7 Å². The maximum absolute atomic E-state index is 14.6. The first-order valence-corrected chi connectivity index (χ1v) is 28.1. The highest BCUT2D eigenvalue weighted by Gasteiger charge is 2.76. The highest BCUT2D eigenvalue weighted by atomic mass is 35.5. The maximum Gasteiger partial charge on any atom is 0.524 e. The molecule has 2 bridgehead atoms. The Labute approximate surface area is 464 Å². The number of H-pyrrole nitrogens is 2. The number of phosphoric ester groups is 1. The molecule has 8 N–H and O–H groups in total. The highest BCUT2D eigenvalue weighted by Crippen LogP contribution is 2.75. The number of aromatic nitrogens is 2. The van der Waals surface area contributed by atoms with Gasteiger partial charge >= 0.3 is 20.0 Å². The molecule has 80 heavy (non-hydrogen) atoms. The van der Waals surface area contributed by atoms with Crippen LogP contribution in [-0.2, 0) is 51.1 Å². The number of amides is 8. The van der Waals surface area contributed by atoms with Gasteiger partial charge in [-0.1, -0.05) is 26.0 Å². The molecule has 4 heterocycles. The highest BCUT2D eigenvalue weighted by molar-refractivity contribution is 7.46. The molecule has 2 atom stereocenters. The molecule has 5 aliphatic rings. The van der Waals surface area contributed by atoms with Crippen molar-refractivity contribution in [2.24, 2.45) is 16.7 Å². The van der Waals surface area contributed by atoms with Gasteiger partial charge < -0.3 is 64.8 Å². The molecule has 3 fully saturated rings. The van der Waals surface area contributed by atoms with Crippen LogP contribution in [0.25, 0.3) is 21.8 Å². The first-order chi connectivity index (χ1) is 37.8. The molecule has 3 aromatic carbocycles. The number of rotatable bonds is 19. The lowest BCUT2D eigenvalue weighted by Crippen LogP contribution is -2.72. The molecule has 0 radical (unpaired) electrons. The number of anilines is 3. The third kappa shape index (κ3) is 11.1. The van der Waals surface area contributed by atoms with Gasteiger partial charge in [0.2, 0.25) is 35.4 Å². The molecule has 10 rings (SSSR count). The normalized spacial score (nSPS) is 19.1. The van der Waals surface area contributed by atoms with Crippen LogP contribution in [0.15, 0.2) is 48.8 Å². The molecule has 8 amide bonds. The standard InChI is InChI=1S/C54H64ClN10O14P/c1-28(2)45(61-41(68)21-56-31(5)66)48(69)59-22-40(67)60-34-10-8-32(9-11-34)24-77-51(72)62(6)14-15-63(7)52(73)78-38-16-36-35(42-29(3)19-57-46(38)42)12-13-64(36)49(70)53-25-54(26-53,27-53)50(71)65-23-33(18-55)44-37(65)17-39(79-80(74,75)76)47-43(44)30(4)20-58-47/h8-11,16-17,19-20,28,33,45,57-58H,12-15,18,21-27H2,1-7H3,(H,56,66)(H,59,69)(H,60,67)(H,61,68)(H2,74,75,76)/t33-,45?,53?,54?/m1/s1. The van der Waals surface area contributed by atoms with Gasteiger partial charge in [0.25, 0.3) is 0 Å². The number of phosphoric acid groups is 1. The molecule has 2 aliphatic heterocycles. The van der Waals surface area contributed by atoms with Crippen LogP contribution in [0, 0.1) is 30.6 Å². The van der Waals surface area contributed by atoms with E-state index in [0.717, 1.165) is 27.6 Å². The molecule has 5 aromatic rings. The molecule has 24 nitrogen and oxygen atoms in total. The van der Waals surface area contributed by atoms with Crippen molar-refractivity contribution in [3.8, 4) is 11.5 Å². The van der Waals surface area contributed by atoms with Crippen molar-refractivity contribution in [1.29, 1.82) is 0 Å². The zero-order chi connectivity index (χ0) is 57.7. The number of nitrogens with zero attached hydrogens (tertiary/aromatic N) is 4. The molecular formula is C54H64ClN10O14P. The van der Waals surface area contributed by atoms with Crippen molar-refractivity contribution in [1.82, 2.24) is 35.7 Å². The predicted molar refractivity (Wildman–Crippen MR) is 294 cm³/mol. The van der Waals surface area contributed by atoms with Crippen LogP contribution in [0.2, 0.25) is 0 Å². The largest absolute Gasteiger partial charge is 0.524 e. The Morgan fingerprint density at radius 1 is 0.812 bits per heavy atom. The van der Waals surface area contributed by atoms with E-state index in [1.807, 2.05) is 20.0 Å². The van der Waals surface area contributed by atoms with E-state index < -0.39 is 60.5 Å². The van der Waals surface area contributed by atoms with Gasteiger partial charge in [0.1, 0.15) is 12.6 Å². The first-order valence-electron chi connectivity index (χ1n) is 26.1.